The summed E-state index contributed by atoms with van der Waals surface area (Å²) in [5, 5.41) is 22.6. The van der Waals surface area contributed by atoms with Crippen molar-refractivity contribution >= 4 is 23.4 Å². The van der Waals surface area contributed by atoms with Crippen molar-refractivity contribution in [2.75, 3.05) is 0 Å². The van der Waals surface area contributed by atoms with Gasteiger partial charge in [-0.05, 0) is 42.0 Å². The van der Waals surface area contributed by atoms with Crippen molar-refractivity contribution in [2.24, 2.45) is 0 Å². The van der Waals surface area contributed by atoms with Gasteiger partial charge in [-0.1, -0.05) is 23.9 Å². The summed E-state index contributed by atoms with van der Waals surface area (Å²) in [5.74, 6) is 0.373. The molecular weight excluding hydrogens is 437 g/mol. The third-order valence-electron chi connectivity index (χ3n) is 4.45. The molecule has 1 amide bonds. The number of nitro benzene ring substituents is 1. The molecule has 32 heavy (non-hydrogen) atoms. The van der Waals surface area contributed by atoms with Gasteiger partial charge in [0, 0.05) is 23.6 Å². The van der Waals surface area contributed by atoms with Crippen LogP contribution in [0.25, 0.3) is 5.69 Å². The zero-order valence-corrected chi connectivity index (χ0v) is 17.3. The minimum atomic E-state index is -0.482. The molecule has 11 heteroatoms. The Balaban J connectivity index is 1.59. The number of nitrogens with one attached hydrogen (secondary N) is 1. The number of amides is 1. The van der Waals surface area contributed by atoms with Crippen molar-refractivity contribution < 1.29 is 18.5 Å². The lowest BCUT2D eigenvalue weighted by atomic mass is 10.2. The van der Waals surface area contributed by atoms with E-state index in [2.05, 4.69) is 15.5 Å². The summed E-state index contributed by atoms with van der Waals surface area (Å²) in [7, 11) is 0. The number of nitro groups is 1. The summed E-state index contributed by atoms with van der Waals surface area (Å²) in [4.78, 5) is 22.7. The zero-order chi connectivity index (χ0) is 22.5. The average Bonchev–Trinajstić information content (AvgIpc) is 3.47. The maximum absolute atomic E-state index is 13.2. The fourth-order valence-corrected chi connectivity index (χ4v) is 3.80. The number of nitrogens with zero attached hydrogens (tertiary/aromatic N) is 4. The van der Waals surface area contributed by atoms with Gasteiger partial charge < -0.3 is 9.73 Å². The Labute approximate surface area is 185 Å². The first-order chi connectivity index (χ1) is 15.5. The molecule has 2 aromatic carbocycles. The van der Waals surface area contributed by atoms with Gasteiger partial charge in [0.15, 0.2) is 16.7 Å². The van der Waals surface area contributed by atoms with Crippen molar-refractivity contribution in [3.8, 4) is 5.69 Å². The van der Waals surface area contributed by atoms with Gasteiger partial charge in [-0.25, -0.2) is 4.39 Å². The first kappa shape index (κ1) is 21.2. The number of carbonyl (C=O) groups is 1. The van der Waals surface area contributed by atoms with Gasteiger partial charge >= 0.3 is 0 Å². The van der Waals surface area contributed by atoms with Crippen LogP contribution in [0, 0.1) is 15.9 Å². The van der Waals surface area contributed by atoms with E-state index in [1.54, 1.807) is 41.0 Å². The predicted octanol–water partition coefficient (Wildman–Crippen LogP) is 4.13. The third-order valence-corrected chi connectivity index (χ3v) is 5.45. The van der Waals surface area contributed by atoms with Gasteiger partial charge in [0.2, 0.25) is 0 Å². The largest absolute Gasteiger partial charge is 0.459 e. The molecule has 0 spiro atoms. The standard InChI is InChI=1S/C21H16FN5O4S/c22-15-5-3-14(4-6-15)13-32-21-25-24-19(12-23-20(28)18-2-1-11-31-18)26(21)16-7-9-17(10-8-16)27(29)30/h1-11H,12-13H2,(H,23,28). The lowest BCUT2D eigenvalue weighted by molar-refractivity contribution is -0.384. The van der Waals surface area contributed by atoms with Crippen LogP contribution in [0.15, 0.2) is 76.5 Å². The molecule has 4 rings (SSSR count). The number of hydrogen-bond acceptors (Lipinski definition) is 7. The monoisotopic (exact) mass is 453 g/mol. The molecule has 162 valence electrons. The Morgan fingerprint density at radius 2 is 1.88 bits per heavy atom. The molecule has 2 heterocycles. The van der Waals surface area contributed by atoms with E-state index in [9.17, 15) is 19.3 Å². The fraction of sp³-hybridized carbons (Fsp3) is 0.0952. The van der Waals surface area contributed by atoms with Gasteiger partial charge in [0.1, 0.15) is 5.82 Å². The van der Waals surface area contributed by atoms with E-state index in [0.717, 1.165) is 5.56 Å². The summed E-state index contributed by atoms with van der Waals surface area (Å²) in [6.07, 6.45) is 1.40. The summed E-state index contributed by atoms with van der Waals surface area (Å²) in [6.45, 7) is 0.0562. The molecule has 0 aliphatic carbocycles. The molecule has 0 fully saturated rings. The molecule has 0 radical (unpaired) electrons. The molecule has 0 atom stereocenters. The molecule has 2 aromatic heterocycles. The van der Waals surface area contributed by atoms with E-state index >= 15 is 0 Å². The lowest BCUT2D eigenvalue weighted by Gasteiger charge is -2.11. The van der Waals surface area contributed by atoms with E-state index in [1.165, 1.54) is 42.3 Å². The number of furan rings is 1. The minimum absolute atomic E-state index is 0.0463. The van der Waals surface area contributed by atoms with Crippen LogP contribution in [0.4, 0.5) is 10.1 Å². The van der Waals surface area contributed by atoms with Gasteiger partial charge in [-0.15, -0.1) is 10.2 Å². The molecule has 0 unspecified atom stereocenters. The fourth-order valence-electron chi connectivity index (χ4n) is 2.87. The summed E-state index contributed by atoms with van der Waals surface area (Å²) < 4.78 is 20.0. The Morgan fingerprint density at radius 1 is 1.12 bits per heavy atom. The first-order valence-electron chi connectivity index (χ1n) is 9.39. The van der Waals surface area contributed by atoms with Crippen LogP contribution >= 0.6 is 11.8 Å². The highest BCUT2D eigenvalue weighted by Gasteiger charge is 2.17. The second kappa shape index (κ2) is 9.43. The van der Waals surface area contributed by atoms with E-state index in [0.29, 0.717) is 22.4 Å². The number of rotatable bonds is 8. The summed E-state index contributed by atoms with van der Waals surface area (Å²) in [5.41, 5.74) is 1.45. The highest BCUT2D eigenvalue weighted by Crippen LogP contribution is 2.26. The van der Waals surface area contributed by atoms with Gasteiger partial charge in [-0.3, -0.25) is 19.5 Å². The Hall–Kier alpha value is -3.99. The molecule has 0 aliphatic rings. The smallest absolute Gasteiger partial charge is 0.287 e. The quantitative estimate of drug-likeness (QED) is 0.242. The van der Waals surface area contributed by atoms with Crippen molar-refractivity contribution in [2.45, 2.75) is 17.5 Å². The molecule has 9 nitrogen and oxygen atoms in total. The predicted molar refractivity (Wildman–Crippen MR) is 114 cm³/mol. The van der Waals surface area contributed by atoms with Crippen molar-refractivity contribution in [1.29, 1.82) is 0 Å². The van der Waals surface area contributed by atoms with Gasteiger partial charge in [0.05, 0.1) is 17.7 Å². The second-order valence-electron chi connectivity index (χ2n) is 6.58. The van der Waals surface area contributed by atoms with Crippen LogP contribution in [0.5, 0.6) is 0 Å². The molecule has 4 aromatic rings. The van der Waals surface area contributed by atoms with E-state index in [4.69, 9.17) is 4.42 Å². The van der Waals surface area contributed by atoms with E-state index in [1.807, 2.05) is 0 Å². The normalized spacial score (nSPS) is 10.8. The van der Waals surface area contributed by atoms with Crippen LogP contribution < -0.4 is 5.32 Å². The summed E-state index contributed by atoms with van der Waals surface area (Å²) in [6, 6.07) is 15.2. The first-order valence-corrected chi connectivity index (χ1v) is 10.4. The van der Waals surface area contributed by atoms with Gasteiger partial charge in [0.25, 0.3) is 11.6 Å². The molecular formula is C21H16FN5O4S. The maximum atomic E-state index is 13.2. The number of halogens is 1. The number of carbonyl (C=O) groups excluding carboxylic acids is 1. The maximum Gasteiger partial charge on any atom is 0.287 e. The molecule has 0 bridgehead atoms. The van der Waals surface area contributed by atoms with Crippen LogP contribution in [0.3, 0.4) is 0 Å². The van der Waals surface area contributed by atoms with E-state index < -0.39 is 10.8 Å². The highest BCUT2D eigenvalue weighted by atomic mass is 32.2. The van der Waals surface area contributed by atoms with Crippen molar-refractivity contribution in [3.63, 3.8) is 0 Å². The Bertz CT molecular complexity index is 1220. The molecule has 1 N–H and O–H groups in total. The van der Waals surface area contributed by atoms with Crippen LogP contribution in [-0.2, 0) is 12.3 Å². The van der Waals surface area contributed by atoms with Gasteiger partial charge in [-0.2, -0.15) is 0 Å². The topological polar surface area (TPSA) is 116 Å². The van der Waals surface area contributed by atoms with Crippen LogP contribution in [0.2, 0.25) is 0 Å². The molecule has 0 saturated carbocycles. The Morgan fingerprint density at radius 3 is 2.53 bits per heavy atom. The Kier molecular flexibility index (Phi) is 6.26. The van der Waals surface area contributed by atoms with Crippen molar-refractivity contribution in [1.82, 2.24) is 20.1 Å². The third kappa shape index (κ3) is 4.83. The average molecular weight is 453 g/mol. The number of aromatic nitrogens is 3. The van der Waals surface area contributed by atoms with Crippen molar-refractivity contribution in [3.05, 3.63) is 100 Å². The van der Waals surface area contributed by atoms with E-state index in [-0.39, 0.29) is 23.8 Å². The number of thioether (sulfide) groups is 1. The second-order valence-corrected chi connectivity index (χ2v) is 7.53. The lowest BCUT2D eigenvalue weighted by Crippen LogP contribution is -2.24. The molecule has 0 aliphatic heterocycles. The number of benzene rings is 2. The summed E-state index contributed by atoms with van der Waals surface area (Å²) >= 11 is 1.37. The SMILES string of the molecule is O=C(NCc1nnc(SCc2ccc(F)cc2)n1-c1ccc([N+](=O)[O-])cc1)c1ccco1. The van der Waals surface area contributed by atoms with Crippen LogP contribution in [0.1, 0.15) is 21.9 Å². The van der Waals surface area contributed by atoms with Crippen LogP contribution in [-0.4, -0.2) is 25.6 Å². The highest BCUT2D eigenvalue weighted by molar-refractivity contribution is 7.98. The molecule has 0 saturated heterocycles. The zero-order valence-electron chi connectivity index (χ0n) is 16.5. The minimum Gasteiger partial charge on any atom is -0.459 e. The number of hydrogen-bond donors (Lipinski definition) is 1. The number of non-ortho nitro benzene ring substituents is 1.